The van der Waals surface area contributed by atoms with Crippen molar-refractivity contribution in [1.82, 2.24) is 14.9 Å². The molecule has 1 heterocycles. The summed E-state index contributed by atoms with van der Waals surface area (Å²) < 4.78 is 6.77. The van der Waals surface area contributed by atoms with Gasteiger partial charge in [0.2, 0.25) is 0 Å². The van der Waals surface area contributed by atoms with Crippen molar-refractivity contribution in [3.63, 3.8) is 0 Å². The number of rotatable bonds is 5. The second kappa shape index (κ2) is 11.2. The van der Waals surface area contributed by atoms with Gasteiger partial charge in [0.05, 0.1) is 27.7 Å². The Morgan fingerprint density at radius 1 is 1.00 bits per heavy atom. The lowest BCUT2D eigenvalue weighted by molar-refractivity contribution is 0.0505. The van der Waals surface area contributed by atoms with Crippen LogP contribution in [0.25, 0.3) is 16.6 Å². The molecular weight excluding hydrogens is 518 g/mol. The van der Waals surface area contributed by atoms with Crippen LogP contribution in [-0.2, 0) is 4.74 Å². The summed E-state index contributed by atoms with van der Waals surface area (Å²) in [5.74, 6) is 0.266. The molecule has 39 heavy (non-hydrogen) atoms. The number of nitrogens with one attached hydrogen (secondary N) is 3. The van der Waals surface area contributed by atoms with Crippen LogP contribution < -0.4 is 21.5 Å². The minimum absolute atomic E-state index is 0.239. The first kappa shape index (κ1) is 27.7. The summed E-state index contributed by atoms with van der Waals surface area (Å²) in [5, 5.41) is 8.87. The Labute approximate surface area is 231 Å². The number of hydrogen-bond donors (Lipinski definition) is 3. The molecule has 4 rings (SSSR count). The van der Waals surface area contributed by atoms with E-state index in [1.165, 1.54) is 4.57 Å². The van der Waals surface area contributed by atoms with Gasteiger partial charge in [-0.1, -0.05) is 41.9 Å². The van der Waals surface area contributed by atoms with E-state index in [9.17, 15) is 14.4 Å². The van der Waals surface area contributed by atoms with Crippen LogP contribution in [0, 0.1) is 6.92 Å². The smallest absolute Gasteiger partial charge is 0.408 e. The SMILES string of the molecule is Cc1ccccc1NC(=O)Nc1cccc(-n2c([C@H](C)NC(=O)OC(C)(C)C)nc3cccc(Cl)c3c2=O)c1. The van der Waals surface area contributed by atoms with E-state index in [1.807, 2.05) is 25.1 Å². The van der Waals surface area contributed by atoms with E-state index in [0.29, 0.717) is 22.6 Å². The van der Waals surface area contributed by atoms with Crippen molar-refractivity contribution in [1.29, 1.82) is 0 Å². The fraction of sp³-hybridized carbons (Fsp3) is 0.241. The van der Waals surface area contributed by atoms with Gasteiger partial charge in [-0.3, -0.25) is 9.36 Å². The molecule has 0 aliphatic heterocycles. The Hall–Kier alpha value is -4.37. The molecule has 0 fully saturated rings. The number of nitrogens with zero attached hydrogens (tertiary/aromatic N) is 2. The van der Waals surface area contributed by atoms with Crippen molar-refractivity contribution in [2.75, 3.05) is 10.6 Å². The van der Waals surface area contributed by atoms with Crippen LogP contribution in [0.2, 0.25) is 5.02 Å². The van der Waals surface area contributed by atoms with Crippen LogP contribution in [0.5, 0.6) is 0 Å². The predicted octanol–water partition coefficient (Wildman–Crippen LogP) is 6.58. The molecule has 0 saturated heterocycles. The highest BCUT2D eigenvalue weighted by Gasteiger charge is 2.23. The van der Waals surface area contributed by atoms with Gasteiger partial charge in [-0.15, -0.1) is 0 Å². The number of aryl methyl sites for hydroxylation is 1. The van der Waals surface area contributed by atoms with Crippen molar-refractivity contribution in [3.8, 4) is 5.69 Å². The lowest BCUT2D eigenvalue weighted by Crippen LogP contribution is -2.37. The lowest BCUT2D eigenvalue weighted by Gasteiger charge is -2.23. The van der Waals surface area contributed by atoms with Crippen molar-refractivity contribution in [3.05, 3.63) is 93.5 Å². The quantitative estimate of drug-likeness (QED) is 0.261. The molecule has 1 atom stereocenters. The van der Waals surface area contributed by atoms with Crippen molar-refractivity contribution < 1.29 is 14.3 Å². The molecule has 0 aliphatic rings. The highest BCUT2D eigenvalue weighted by atomic mass is 35.5. The van der Waals surface area contributed by atoms with Gasteiger partial charge in [-0.25, -0.2) is 14.6 Å². The van der Waals surface area contributed by atoms with E-state index in [-0.39, 0.29) is 16.2 Å². The number of amides is 3. The molecule has 0 spiro atoms. The zero-order valence-electron chi connectivity index (χ0n) is 22.3. The molecule has 1 aromatic heterocycles. The van der Waals surface area contributed by atoms with Gasteiger partial charge >= 0.3 is 12.1 Å². The van der Waals surface area contributed by atoms with E-state index in [1.54, 1.807) is 76.2 Å². The summed E-state index contributed by atoms with van der Waals surface area (Å²) in [6, 6.07) is 18.0. The summed E-state index contributed by atoms with van der Waals surface area (Å²) in [6.45, 7) is 8.89. The molecule has 3 amide bonds. The van der Waals surface area contributed by atoms with Gasteiger partial charge in [0, 0.05) is 11.4 Å². The number of carbonyl (C=O) groups is 2. The largest absolute Gasteiger partial charge is 0.444 e. The van der Waals surface area contributed by atoms with Crippen LogP contribution in [-0.4, -0.2) is 27.3 Å². The highest BCUT2D eigenvalue weighted by molar-refractivity contribution is 6.35. The first-order valence-electron chi connectivity index (χ1n) is 12.4. The summed E-state index contributed by atoms with van der Waals surface area (Å²) in [7, 11) is 0. The Balaban J connectivity index is 1.73. The number of halogens is 1. The Morgan fingerprint density at radius 3 is 2.44 bits per heavy atom. The molecule has 0 bridgehead atoms. The number of alkyl carbamates (subject to hydrolysis) is 1. The number of ether oxygens (including phenoxy) is 1. The van der Waals surface area contributed by atoms with Gasteiger partial charge in [0.25, 0.3) is 5.56 Å². The third-order valence-electron chi connectivity index (χ3n) is 5.75. The fourth-order valence-corrected chi connectivity index (χ4v) is 4.27. The molecule has 9 nitrogen and oxygen atoms in total. The summed E-state index contributed by atoms with van der Waals surface area (Å²) >= 11 is 6.39. The van der Waals surface area contributed by atoms with E-state index in [0.717, 1.165) is 5.56 Å². The minimum Gasteiger partial charge on any atom is -0.444 e. The maximum atomic E-state index is 13.8. The van der Waals surface area contributed by atoms with Gasteiger partial charge in [0.15, 0.2) is 0 Å². The summed E-state index contributed by atoms with van der Waals surface area (Å²) in [4.78, 5) is 43.7. The molecule has 0 unspecified atom stereocenters. The second-order valence-electron chi connectivity index (χ2n) is 10.1. The summed E-state index contributed by atoms with van der Waals surface area (Å²) in [5.41, 5.74) is 1.75. The van der Waals surface area contributed by atoms with Crippen LogP contribution >= 0.6 is 11.6 Å². The number of para-hydroxylation sites is 1. The van der Waals surface area contributed by atoms with Crippen molar-refractivity contribution in [2.45, 2.75) is 46.3 Å². The summed E-state index contributed by atoms with van der Waals surface area (Å²) in [6.07, 6.45) is -0.648. The third kappa shape index (κ3) is 6.56. The number of carbonyl (C=O) groups excluding carboxylic acids is 2. The molecule has 3 N–H and O–H groups in total. The first-order chi connectivity index (χ1) is 18.4. The molecule has 0 aliphatic carbocycles. The first-order valence-corrected chi connectivity index (χ1v) is 12.8. The topological polar surface area (TPSA) is 114 Å². The van der Waals surface area contributed by atoms with Crippen LogP contribution in [0.3, 0.4) is 0 Å². The van der Waals surface area contributed by atoms with Crippen LogP contribution in [0.15, 0.2) is 71.5 Å². The van der Waals surface area contributed by atoms with Crippen LogP contribution in [0.1, 0.15) is 45.1 Å². The minimum atomic E-state index is -0.711. The highest BCUT2D eigenvalue weighted by Crippen LogP contribution is 2.24. The molecule has 202 valence electrons. The maximum Gasteiger partial charge on any atom is 0.408 e. The number of benzene rings is 3. The maximum absolute atomic E-state index is 13.8. The molecular formula is C29H30ClN5O4. The lowest BCUT2D eigenvalue weighted by atomic mass is 10.2. The zero-order valence-corrected chi connectivity index (χ0v) is 23.1. The number of fused-ring (bicyclic) bond motifs is 1. The molecule has 4 aromatic rings. The molecule has 10 heteroatoms. The molecule has 0 radical (unpaired) electrons. The Bertz CT molecular complexity index is 1610. The number of anilines is 2. The van der Waals surface area contributed by atoms with E-state index >= 15 is 0 Å². The van der Waals surface area contributed by atoms with Crippen molar-refractivity contribution in [2.24, 2.45) is 0 Å². The average Bonchev–Trinajstić information content (AvgIpc) is 2.84. The Kier molecular flexibility index (Phi) is 7.92. The Morgan fingerprint density at radius 2 is 1.72 bits per heavy atom. The number of urea groups is 1. The fourth-order valence-electron chi connectivity index (χ4n) is 4.02. The normalized spacial score (nSPS) is 12.1. The average molecular weight is 548 g/mol. The van der Waals surface area contributed by atoms with Gasteiger partial charge in [-0.2, -0.15) is 0 Å². The van der Waals surface area contributed by atoms with E-state index in [4.69, 9.17) is 16.3 Å². The third-order valence-corrected chi connectivity index (χ3v) is 6.06. The van der Waals surface area contributed by atoms with E-state index < -0.39 is 29.3 Å². The number of hydrogen-bond acceptors (Lipinski definition) is 5. The second-order valence-corrected chi connectivity index (χ2v) is 10.5. The zero-order chi connectivity index (χ0) is 28.3. The van der Waals surface area contributed by atoms with Gasteiger partial charge in [0.1, 0.15) is 11.4 Å². The molecule has 3 aromatic carbocycles. The van der Waals surface area contributed by atoms with Gasteiger partial charge in [-0.05, 0) is 76.6 Å². The monoisotopic (exact) mass is 547 g/mol. The van der Waals surface area contributed by atoms with Gasteiger partial charge < -0.3 is 20.7 Å². The van der Waals surface area contributed by atoms with E-state index in [2.05, 4.69) is 20.9 Å². The van der Waals surface area contributed by atoms with Crippen molar-refractivity contribution >= 4 is 46.0 Å². The standard InChI is InChI=1S/C29H30ClN5O4/c1-17-10-6-7-14-22(17)34-27(37)32-19-11-8-12-20(16-19)35-25(18(2)31-28(38)39-29(3,4)5)33-23-15-9-13-21(30)24(23)26(35)36/h6-16,18H,1-5H3,(H,31,38)(H2,32,34,37)/t18-/m0/s1. The molecule has 0 saturated carbocycles. The van der Waals surface area contributed by atoms with Crippen LogP contribution in [0.4, 0.5) is 21.0 Å². The predicted molar refractivity (Wildman–Crippen MR) is 154 cm³/mol. The number of aromatic nitrogens is 2.